The van der Waals surface area contributed by atoms with Crippen molar-refractivity contribution in [3.8, 4) is 0 Å². The van der Waals surface area contributed by atoms with Crippen molar-refractivity contribution in [3.05, 3.63) is 0 Å². The Morgan fingerprint density at radius 3 is 2.58 bits per heavy atom. The molecule has 1 heterocycles. The van der Waals surface area contributed by atoms with Gasteiger partial charge in [0.05, 0.1) is 18.9 Å². The molecule has 0 aromatic heterocycles. The van der Waals surface area contributed by atoms with Gasteiger partial charge >= 0.3 is 5.97 Å². The molecule has 1 atom stereocenters. The number of esters is 1. The van der Waals surface area contributed by atoms with Crippen molar-refractivity contribution < 1.29 is 22.7 Å². The molecule has 0 aromatic carbocycles. The minimum Gasteiger partial charge on any atom is -0.469 e. The van der Waals surface area contributed by atoms with Crippen LogP contribution in [0.15, 0.2) is 0 Å². The standard InChI is InChI=1S/C12H21NO5S/c1-10(14)11-6-3-4-8-13(11)19(16,17)9-5-7-12(15)18-2/h11H,3-9H2,1-2H3. The summed E-state index contributed by atoms with van der Waals surface area (Å²) in [5.74, 6) is -0.653. The smallest absolute Gasteiger partial charge is 0.305 e. The number of sulfonamides is 1. The molecule has 1 fully saturated rings. The lowest BCUT2D eigenvalue weighted by Crippen LogP contribution is -2.48. The molecule has 0 N–H and O–H groups in total. The number of methoxy groups -OCH3 is 1. The Balaban J connectivity index is 2.64. The Kier molecular flexibility index (Phi) is 5.93. The number of Topliss-reactive ketones (excluding diaryl/α,β-unsaturated/α-hetero) is 1. The van der Waals surface area contributed by atoms with Crippen LogP contribution in [0.25, 0.3) is 0 Å². The van der Waals surface area contributed by atoms with Gasteiger partial charge in [0.15, 0.2) is 0 Å². The van der Waals surface area contributed by atoms with Crippen molar-refractivity contribution in [2.24, 2.45) is 0 Å². The second-order valence-electron chi connectivity index (χ2n) is 4.73. The van der Waals surface area contributed by atoms with E-state index < -0.39 is 22.0 Å². The summed E-state index contributed by atoms with van der Waals surface area (Å²) in [5.41, 5.74) is 0. The molecular weight excluding hydrogens is 270 g/mol. The molecule has 0 bridgehead atoms. The zero-order valence-electron chi connectivity index (χ0n) is 11.4. The lowest BCUT2D eigenvalue weighted by atomic mass is 10.0. The molecule has 7 heteroatoms. The van der Waals surface area contributed by atoms with E-state index in [0.717, 1.165) is 12.8 Å². The first-order valence-electron chi connectivity index (χ1n) is 6.45. The third-order valence-corrected chi connectivity index (χ3v) is 5.25. The second kappa shape index (κ2) is 7.00. The first-order valence-corrected chi connectivity index (χ1v) is 8.06. The van der Waals surface area contributed by atoms with Gasteiger partial charge in [0.2, 0.25) is 10.0 Å². The molecule has 0 amide bonds. The molecule has 110 valence electrons. The summed E-state index contributed by atoms with van der Waals surface area (Å²) < 4.78 is 30.2. The Morgan fingerprint density at radius 2 is 2.00 bits per heavy atom. The Bertz CT molecular complexity index is 431. The van der Waals surface area contributed by atoms with E-state index in [9.17, 15) is 18.0 Å². The SMILES string of the molecule is COC(=O)CCCS(=O)(=O)N1CCCCC1C(C)=O. The molecular formula is C12H21NO5S. The average molecular weight is 291 g/mol. The molecule has 1 saturated heterocycles. The summed E-state index contributed by atoms with van der Waals surface area (Å²) in [6.45, 7) is 1.82. The van der Waals surface area contributed by atoms with Crippen molar-refractivity contribution in [2.75, 3.05) is 19.4 Å². The van der Waals surface area contributed by atoms with E-state index in [0.29, 0.717) is 13.0 Å². The number of rotatable bonds is 6. The van der Waals surface area contributed by atoms with Crippen LogP contribution in [0, 0.1) is 0 Å². The molecule has 6 nitrogen and oxygen atoms in total. The molecule has 0 saturated carbocycles. The number of nitrogens with zero attached hydrogens (tertiary/aromatic N) is 1. The largest absolute Gasteiger partial charge is 0.469 e. The topological polar surface area (TPSA) is 80.8 Å². The fraction of sp³-hybridized carbons (Fsp3) is 0.833. The number of carbonyl (C=O) groups excluding carboxylic acids is 2. The number of piperidine rings is 1. The number of ketones is 1. The predicted octanol–water partition coefficient (Wildman–Crippen LogP) is 0.713. The van der Waals surface area contributed by atoms with Gasteiger partial charge in [-0.05, 0) is 26.2 Å². The monoisotopic (exact) mass is 291 g/mol. The molecule has 0 aliphatic carbocycles. The first kappa shape index (κ1) is 16.1. The summed E-state index contributed by atoms with van der Waals surface area (Å²) in [4.78, 5) is 22.5. The van der Waals surface area contributed by atoms with Gasteiger partial charge in [-0.25, -0.2) is 8.42 Å². The van der Waals surface area contributed by atoms with Gasteiger partial charge in [-0.15, -0.1) is 0 Å². The highest BCUT2D eigenvalue weighted by atomic mass is 32.2. The molecule has 0 aromatic rings. The second-order valence-corrected chi connectivity index (χ2v) is 6.77. The van der Waals surface area contributed by atoms with Crippen LogP contribution >= 0.6 is 0 Å². The molecule has 0 spiro atoms. The summed E-state index contributed by atoms with van der Waals surface area (Å²) in [7, 11) is -2.21. The van der Waals surface area contributed by atoms with Crippen molar-refractivity contribution in [3.63, 3.8) is 0 Å². The van der Waals surface area contributed by atoms with Crippen LogP contribution in [0.1, 0.15) is 39.0 Å². The lowest BCUT2D eigenvalue weighted by Gasteiger charge is -2.33. The average Bonchev–Trinajstić information content (AvgIpc) is 2.38. The van der Waals surface area contributed by atoms with Gasteiger partial charge in [0.25, 0.3) is 0 Å². The number of carbonyl (C=O) groups is 2. The number of ether oxygens (including phenoxy) is 1. The van der Waals surface area contributed by atoms with Crippen LogP contribution in [0.2, 0.25) is 0 Å². The molecule has 0 radical (unpaired) electrons. The van der Waals surface area contributed by atoms with E-state index >= 15 is 0 Å². The van der Waals surface area contributed by atoms with Gasteiger partial charge in [0, 0.05) is 13.0 Å². The van der Waals surface area contributed by atoms with Crippen molar-refractivity contribution in [1.82, 2.24) is 4.31 Å². The maximum Gasteiger partial charge on any atom is 0.305 e. The zero-order valence-corrected chi connectivity index (χ0v) is 12.2. The Labute approximate surface area is 114 Å². The zero-order chi connectivity index (χ0) is 14.5. The van der Waals surface area contributed by atoms with Gasteiger partial charge in [-0.2, -0.15) is 4.31 Å². The molecule has 1 aliphatic rings. The molecule has 1 aliphatic heterocycles. The third kappa shape index (κ3) is 4.58. The van der Waals surface area contributed by atoms with E-state index in [1.807, 2.05) is 0 Å². The van der Waals surface area contributed by atoms with Gasteiger partial charge in [-0.3, -0.25) is 9.59 Å². The van der Waals surface area contributed by atoms with Crippen LogP contribution < -0.4 is 0 Å². The van der Waals surface area contributed by atoms with Crippen LogP contribution in [0.4, 0.5) is 0 Å². The fourth-order valence-electron chi connectivity index (χ4n) is 2.26. The quantitative estimate of drug-likeness (QED) is 0.673. The third-order valence-electron chi connectivity index (χ3n) is 3.29. The van der Waals surface area contributed by atoms with Crippen LogP contribution in [0.3, 0.4) is 0 Å². The Hall–Kier alpha value is -0.950. The van der Waals surface area contributed by atoms with Crippen LogP contribution in [-0.2, 0) is 24.3 Å². The summed E-state index contributed by atoms with van der Waals surface area (Å²) in [6.07, 6.45) is 2.54. The van der Waals surface area contributed by atoms with Crippen molar-refractivity contribution in [1.29, 1.82) is 0 Å². The van der Waals surface area contributed by atoms with Crippen molar-refractivity contribution in [2.45, 2.75) is 45.1 Å². The first-order chi connectivity index (χ1) is 8.88. The van der Waals surface area contributed by atoms with Gasteiger partial charge < -0.3 is 4.74 Å². The van der Waals surface area contributed by atoms with Crippen LogP contribution in [-0.4, -0.2) is 49.9 Å². The molecule has 1 unspecified atom stereocenters. The summed E-state index contributed by atoms with van der Waals surface area (Å²) in [5, 5.41) is 0. The minimum absolute atomic E-state index is 0.0777. The summed E-state index contributed by atoms with van der Waals surface area (Å²) in [6, 6.07) is -0.531. The van der Waals surface area contributed by atoms with Crippen molar-refractivity contribution >= 4 is 21.8 Å². The Morgan fingerprint density at radius 1 is 1.32 bits per heavy atom. The normalized spacial score (nSPS) is 21.1. The molecule has 19 heavy (non-hydrogen) atoms. The number of hydrogen-bond acceptors (Lipinski definition) is 5. The van der Waals surface area contributed by atoms with E-state index in [2.05, 4.69) is 4.74 Å². The van der Waals surface area contributed by atoms with E-state index in [-0.39, 0.29) is 24.4 Å². The van der Waals surface area contributed by atoms with Gasteiger partial charge in [0.1, 0.15) is 5.78 Å². The maximum absolute atomic E-state index is 12.2. The fourth-order valence-corrected chi connectivity index (χ4v) is 4.05. The van der Waals surface area contributed by atoms with E-state index in [1.54, 1.807) is 0 Å². The lowest BCUT2D eigenvalue weighted by molar-refractivity contribution is -0.140. The van der Waals surface area contributed by atoms with E-state index in [4.69, 9.17) is 0 Å². The highest BCUT2D eigenvalue weighted by Gasteiger charge is 2.34. The highest BCUT2D eigenvalue weighted by Crippen LogP contribution is 2.22. The van der Waals surface area contributed by atoms with Gasteiger partial charge in [-0.1, -0.05) is 6.42 Å². The van der Waals surface area contributed by atoms with E-state index in [1.165, 1.54) is 18.3 Å². The maximum atomic E-state index is 12.2. The minimum atomic E-state index is -3.48. The number of hydrogen-bond donors (Lipinski definition) is 0. The summed E-state index contributed by atoms with van der Waals surface area (Å²) >= 11 is 0. The van der Waals surface area contributed by atoms with Crippen LogP contribution in [0.5, 0.6) is 0 Å². The predicted molar refractivity (Wildman–Crippen MR) is 70.1 cm³/mol. The molecule has 1 rings (SSSR count). The highest BCUT2D eigenvalue weighted by molar-refractivity contribution is 7.89.